The molecule has 0 aliphatic carbocycles. The monoisotopic (exact) mass is 228 g/mol. The van der Waals surface area contributed by atoms with Crippen LogP contribution in [0.25, 0.3) is 0 Å². The van der Waals surface area contributed by atoms with E-state index in [1.54, 1.807) is 0 Å². The predicted octanol–water partition coefficient (Wildman–Crippen LogP) is 1.47. The van der Waals surface area contributed by atoms with Gasteiger partial charge < -0.3 is 10.4 Å². The summed E-state index contributed by atoms with van der Waals surface area (Å²) in [6.07, 6.45) is 3.45. The molecule has 0 aromatic rings. The molecule has 0 aromatic carbocycles. The van der Waals surface area contributed by atoms with E-state index < -0.39 is 0 Å². The first-order valence-corrected chi connectivity index (χ1v) is 6.75. The van der Waals surface area contributed by atoms with Gasteiger partial charge in [0.1, 0.15) is 0 Å². The molecule has 1 heterocycles. The average Bonchev–Trinajstić information content (AvgIpc) is 2.29. The summed E-state index contributed by atoms with van der Waals surface area (Å²) < 4.78 is 0. The van der Waals surface area contributed by atoms with Crippen molar-refractivity contribution in [2.75, 3.05) is 26.2 Å². The molecule has 0 bridgehead atoms. The van der Waals surface area contributed by atoms with Crippen LogP contribution >= 0.6 is 0 Å². The maximum Gasteiger partial charge on any atom is 0.0443 e. The molecule has 16 heavy (non-hydrogen) atoms. The topological polar surface area (TPSA) is 35.5 Å². The van der Waals surface area contributed by atoms with Gasteiger partial charge in [-0.05, 0) is 39.2 Å². The number of nitrogens with zero attached hydrogens (tertiary/aromatic N) is 1. The number of hydrogen-bond donors (Lipinski definition) is 2. The lowest BCUT2D eigenvalue weighted by Crippen LogP contribution is -2.51. The Balaban J connectivity index is 2.38. The first kappa shape index (κ1) is 13.9. The molecule has 1 saturated heterocycles. The van der Waals surface area contributed by atoms with Gasteiger partial charge in [-0.1, -0.05) is 13.3 Å². The van der Waals surface area contributed by atoms with Crippen LogP contribution in [-0.2, 0) is 0 Å². The number of piperidine rings is 1. The second-order valence-electron chi connectivity index (χ2n) is 5.29. The Morgan fingerprint density at radius 1 is 1.38 bits per heavy atom. The molecule has 1 aliphatic rings. The smallest absolute Gasteiger partial charge is 0.0443 e. The normalized spacial score (nSPS) is 27.6. The molecular weight excluding hydrogens is 200 g/mol. The highest BCUT2D eigenvalue weighted by molar-refractivity contribution is 4.84. The van der Waals surface area contributed by atoms with E-state index in [-0.39, 0.29) is 0 Å². The highest BCUT2D eigenvalue weighted by Crippen LogP contribution is 2.21. The molecule has 0 aromatic heterocycles. The van der Waals surface area contributed by atoms with Crippen LogP contribution in [-0.4, -0.2) is 48.3 Å². The van der Waals surface area contributed by atoms with E-state index in [0.717, 1.165) is 18.9 Å². The molecular formula is C13H28N2O. The summed E-state index contributed by atoms with van der Waals surface area (Å²) in [6, 6.07) is 1.27. The van der Waals surface area contributed by atoms with Gasteiger partial charge in [-0.25, -0.2) is 0 Å². The van der Waals surface area contributed by atoms with E-state index >= 15 is 0 Å². The number of hydrogen-bond acceptors (Lipinski definition) is 3. The first-order valence-electron chi connectivity index (χ1n) is 6.75. The Morgan fingerprint density at radius 3 is 2.69 bits per heavy atom. The summed E-state index contributed by atoms with van der Waals surface area (Å²) in [5.41, 5.74) is 0. The van der Waals surface area contributed by atoms with Crippen molar-refractivity contribution in [2.24, 2.45) is 5.92 Å². The van der Waals surface area contributed by atoms with Crippen LogP contribution in [0.4, 0.5) is 0 Å². The van der Waals surface area contributed by atoms with Gasteiger partial charge >= 0.3 is 0 Å². The third-order valence-corrected chi connectivity index (χ3v) is 3.64. The van der Waals surface area contributed by atoms with E-state index in [2.05, 4.69) is 31.0 Å². The maximum atomic E-state index is 8.78. The molecule has 1 fully saturated rings. The van der Waals surface area contributed by atoms with Crippen LogP contribution in [0.2, 0.25) is 0 Å². The molecule has 0 amide bonds. The zero-order valence-electron chi connectivity index (χ0n) is 11.1. The highest BCUT2D eigenvalue weighted by Gasteiger charge is 2.26. The Morgan fingerprint density at radius 2 is 2.12 bits per heavy atom. The van der Waals surface area contributed by atoms with Gasteiger partial charge in [-0.3, -0.25) is 4.90 Å². The maximum absolute atomic E-state index is 8.78. The first-order chi connectivity index (χ1) is 7.67. The Bertz CT molecular complexity index is 185. The average molecular weight is 228 g/mol. The molecule has 2 unspecified atom stereocenters. The molecule has 0 saturated carbocycles. The summed E-state index contributed by atoms with van der Waals surface area (Å²) in [5.74, 6) is 0.836. The van der Waals surface area contributed by atoms with Gasteiger partial charge in [0.2, 0.25) is 0 Å². The minimum absolute atomic E-state index is 0.296. The lowest BCUT2D eigenvalue weighted by Gasteiger charge is -2.40. The SMILES string of the molecule is CCC1CC(NCCCO)CN(C(C)C)C1. The summed E-state index contributed by atoms with van der Waals surface area (Å²) >= 11 is 0. The zero-order chi connectivity index (χ0) is 12.0. The molecule has 96 valence electrons. The largest absolute Gasteiger partial charge is 0.396 e. The van der Waals surface area contributed by atoms with Crippen molar-refractivity contribution in [3.05, 3.63) is 0 Å². The van der Waals surface area contributed by atoms with E-state index in [0.29, 0.717) is 18.7 Å². The van der Waals surface area contributed by atoms with Crippen molar-refractivity contribution in [2.45, 2.75) is 52.1 Å². The highest BCUT2D eigenvalue weighted by atomic mass is 16.3. The molecule has 3 nitrogen and oxygen atoms in total. The van der Waals surface area contributed by atoms with Crippen LogP contribution in [0.5, 0.6) is 0 Å². The Kier molecular flexibility index (Phi) is 6.32. The second kappa shape index (κ2) is 7.25. The van der Waals surface area contributed by atoms with Crippen LogP contribution in [0.3, 0.4) is 0 Å². The predicted molar refractivity (Wildman–Crippen MR) is 68.6 cm³/mol. The number of aliphatic hydroxyl groups excluding tert-OH is 1. The minimum Gasteiger partial charge on any atom is -0.396 e. The fraction of sp³-hybridized carbons (Fsp3) is 1.00. The van der Waals surface area contributed by atoms with Gasteiger partial charge in [-0.2, -0.15) is 0 Å². The lowest BCUT2D eigenvalue weighted by atomic mass is 9.91. The van der Waals surface area contributed by atoms with E-state index in [1.807, 2.05) is 0 Å². The zero-order valence-corrected chi connectivity index (χ0v) is 11.1. The second-order valence-corrected chi connectivity index (χ2v) is 5.29. The van der Waals surface area contributed by atoms with Crippen LogP contribution in [0, 0.1) is 5.92 Å². The van der Waals surface area contributed by atoms with Gasteiger partial charge in [0, 0.05) is 31.8 Å². The molecule has 2 atom stereocenters. The van der Waals surface area contributed by atoms with Crippen molar-refractivity contribution in [3.8, 4) is 0 Å². The third kappa shape index (κ3) is 4.40. The van der Waals surface area contributed by atoms with Gasteiger partial charge in [0.25, 0.3) is 0 Å². The van der Waals surface area contributed by atoms with E-state index in [9.17, 15) is 0 Å². The van der Waals surface area contributed by atoms with Crippen molar-refractivity contribution in [1.82, 2.24) is 10.2 Å². The van der Waals surface area contributed by atoms with Gasteiger partial charge in [0.05, 0.1) is 0 Å². The van der Waals surface area contributed by atoms with E-state index in [4.69, 9.17) is 5.11 Å². The van der Waals surface area contributed by atoms with Crippen molar-refractivity contribution >= 4 is 0 Å². The standard InChI is InChI=1S/C13H28N2O/c1-4-12-8-13(14-6-5-7-16)10-15(9-12)11(2)3/h11-14,16H,4-10H2,1-3H3. The van der Waals surface area contributed by atoms with Gasteiger partial charge in [0.15, 0.2) is 0 Å². The van der Waals surface area contributed by atoms with Crippen LogP contribution in [0.1, 0.15) is 40.0 Å². The third-order valence-electron chi connectivity index (χ3n) is 3.64. The number of nitrogens with one attached hydrogen (secondary N) is 1. The Hall–Kier alpha value is -0.120. The van der Waals surface area contributed by atoms with E-state index in [1.165, 1.54) is 25.9 Å². The van der Waals surface area contributed by atoms with Gasteiger partial charge in [-0.15, -0.1) is 0 Å². The molecule has 3 heteroatoms. The molecule has 1 rings (SSSR count). The van der Waals surface area contributed by atoms with Crippen LogP contribution < -0.4 is 5.32 Å². The summed E-state index contributed by atoms with van der Waals surface area (Å²) in [6.45, 7) is 10.5. The number of rotatable bonds is 6. The van der Waals surface area contributed by atoms with Crippen molar-refractivity contribution in [3.63, 3.8) is 0 Å². The van der Waals surface area contributed by atoms with Crippen molar-refractivity contribution in [1.29, 1.82) is 0 Å². The number of likely N-dealkylation sites (tertiary alicyclic amines) is 1. The molecule has 0 radical (unpaired) electrons. The quantitative estimate of drug-likeness (QED) is 0.676. The summed E-state index contributed by atoms with van der Waals surface area (Å²) in [5, 5.41) is 12.4. The lowest BCUT2D eigenvalue weighted by molar-refractivity contribution is 0.109. The summed E-state index contributed by atoms with van der Waals surface area (Å²) in [4.78, 5) is 2.58. The van der Waals surface area contributed by atoms with Crippen LogP contribution in [0.15, 0.2) is 0 Å². The molecule has 1 aliphatic heterocycles. The fourth-order valence-electron chi connectivity index (χ4n) is 2.49. The number of aliphatic hydroxyl groups is 1. The Labute approximate surface area is 100 Å². The fourth-order valence-corrected chi connectivity index (χ4v) is 2.49. The minimum atomic E-state index is 0.296. The molecule has 0 spiro atoms. The summed E-state index contributed by atoms with van der Waals surface area (Å²) in [7, 11) is 0. The molecule has 2 N–H and O–H groups in total. The van der Waals surface area contributed by atoms with Crippen molar-refractivity contribution < 1.29 is 5.11 Å².